The molecule has 0 bridgehead atoms. The number of hydrogen-bond acceptors (Lipinski definition) is 7. The molecule has 176 valence electrons. The van der Waals surface area contributed by atoms with Crippen LogP contribution in [0.1, 0.15) is 27.9 Å². The molecular formula is C26H27N3O4S. The average Bonchev–Trinajstić information content (AvgIpc) is 3.30. The molecule has 0 spiro atoms. The van der Waals surface area contributed by atoms with Crippen molar-refractivity contribution in [3.05, 3.63) is 69.6 Å². The molecule has 0 atom stereocenters. The van der Waals surface area contributed by atoms with Crippen LogP contribution in [0.15, 0.2) is 51.7 Å². The molecule has 7 nitrogen and oxygen atoms in total. The summed E-state index contributed by atoms with van der Waals surface area (Å²) in [7, 11) is 0. The van der Waals surface area contributed by atoms with E-state index in [4.69, 9.17) is 14.1 Å². The smallest absolute Gasteiger partial charge is 0.349 e. The Bertz CT molecular complexity index is 1370. The van der Waals surface area contributed by atoms with Gasteiger partial charge in [0.15, 0.2) is 5.13 Å². The second-order valence-corrected chi connectivity index (χ2v) is 9.60. The normalized spacial score (nSPS) is 14.6. The number of thiazole rings is 1. The van der Waals surface area contributed by atoms with E-state index in [2.05, 4.69) is 11.0 Å². The molecule has 5 rings (SSSR count). The van der Waals surface area contributed by atoms with Crippen molar-refractivity contribution in [3.63, 3.8) is 0 Å². The number of rotatable bonds is 6. The Hall–Kier alpha value is -3.07. The number of hydrogen-bond donors (Lipinski definition) is 0. The molecule has 0 unspecified atom stereocenters. The van der Waals surface area contributed by atoms with Crippen LogP contribution >= 0.6 is 11.3 Å². The van der Waals surface area contributed by atoms with Crippen molar-refractivity contribution in [2.24, 2.45) is 0 Å². The minimum Gasteiger partial charge on any atom is -0.422 e. The van der Waals surface area contributed by atoms with Crippen LogP contribution in [0.5, 0.6) is 0 Å². The van der Waals surface area contributed by atoms with Gasteiger partial charge < -0.3 is 9.15 Å². The van der Waals surface area contributed by atoms with Gasteiger partial charge in [-0.05, 0) is 43.5 Å². The zero-order valence-corrected chi connectivity index (χ0v) is 20.2. The molecule has 1 amide bonds. The molecule has 1 fully saturated rings. The zero-order valence-electron chi connectivity index (χ0n) is 19.4. The van der Waals surface area contributed by atoms with Gasteiger partial charge in [0.2, 0.25) is 0 Å². The fourth-order valence-electron chi connectivity index (χ4n) is 4.28. The molecule has 1 aliphatic rings. The summed E-state index contributed by atoms with van der Waals surface area (Å²) < 4.78 is 12.0. The first kappa shape index (κ1) is 22.7. The van der Waals surface area contributed by atoms with Gasteiger partial charge in [-0.3, -0.25) is 14.6 Å². The number of fused-ring (bicyclic) bond motifs is 2. The van der Waals surface area contributed by atoms with Crippen molar-refractivity contribution >= 4 is 43.6 Å². The SMILES string of the molecule is Cc1ccc(C)c2sc(N(CCCN3CCOCC3)C(=O)c3cc4ccccc4oc3=O)nc12. The number of amides is 1. The van der Waals surface area contributed by atoms with Crippen LogP contribution in [0.2, 0.25) is 0 Å². The van der Waals surface area contributed by atoms with E-state index in [0.717, 1.165) is 66.0 Å². The lowest BCUT2D eigenvalue weighted by Gasteiger charge is -2.27. The third-order valence-corrected chi connectivity index (χ3v) is 7.45. The molecule has 2 aromatic carbocycles. The van der Waals surface area contributed by atoms with Gasteiger partial charge in [0.25, 0.3) is 5.91 Å². The number of carbonyl (C=O) groups is 1. The molecule has 4 aromatic rings. The van der Waals surface area contributed by atoms with Crippen molar-refractivity contribution in [1.29, 1.82) is 0 Å². The number of aryl methyl sites for hydroxylation is 2. The number of benzene rings is 2. The first-order valence-electron chi connectivity index (χ1n) is 11.5. The molecule has 34 heavy (non-hydrogen) atoms. The molecular weight excluding hydrogens is 450 g/mol. The largest absolute Gasteiger partial charge is 0.422 e. The second-order valence-electron chi connectivity index (χ2n) is 8.62. The summed E-state index contributed by atoms with van der Waals surface area (Å²) in [6.45, 7) is 8.63. The predicted molar refractivity (Wildman–Crippen MR) is 135 cm³/mol. The summed E-state index contributed by atoms with van der Waals surface area (Å²) in [5, 5.41) is 1.32. The van der Waals surface area contributed by atoms with Crippen molar-refractivity contribution in [2.75, 3.05) is 44.3 Å². The minimum absolute atomic E-state index is 0.0257. The van der Waals surface area contributed by atoms with Crippen LogP contribution in [-0.4, -0.2) is 55.2 Å². The maximum Gasteiger partial charge on any atom is 0.349 e. The van der Waals surface area contributed by atoms with Crippen LogP contribution in [0.3, 0.4) is 0 Å². The summed E-state index contributed by atoms with van der Waals surface area (Å²) in [5.74, 6) is -0.379. The molecule has 0 N–H and O–H groups in total. The number of aromatic nitrogens is 1. The van der Waals surface area contributed by atoms with E-state index in [1.807, 2.05) is 32.0 Å². The molecule has 8 heteroatoms. The molecule has 1 saturated heterocycles. The van der Waals surface area contributed by atoms with Gasteiger partial charge in [-0.1, -0.05) is 41.7 Å². The fourth-order valence-corrected chi connectivity index (χ4v) is 5.42. The van der Waals surface area contributed by atoms with Crippen LogP contribution in [-0.2, 0) is 4.74 Å². The Morgan fingerprint density at radius 3 is 2.68 bits per heavy atom. The summed E-state index contributed by atoms with van der Waals surface area (Å²) in [5.41, 5.74) is 2.95. The van der Waals surface area contributed by atoms with Crippen LogP contribution in [0, 0.1) is 13.8 Å². The highest BCUT2D eigenvalue weighted by molar-refractivity contribution is 7.22. The lowest BCUT2D eigenvalue weighted by Crippen LogP contribution is -2.40. The number of ether oxygens (including phenoxy) is 1. The minimum atomic E-state index is -0.629. The van der Waals surface area contributed by atoms with Gasteiger partial charge in [-0.2, -0.15) is 0 Å². The van der Waals surface area contributed by atoms with E-state index in [9.17, 15) is 9.59 Å². The van der Waals surface area contributed by atoms with Gasteiger partial charge in [-0.25, -0.2) is 9.78 Å². The van der Waals surface area contributed by atoms with Crippen molar-refractivity contribution in [1.82, 2.24) is 9.88 Å². The van der Waals surface area contributed by atoms with E-state index >= 15 is 0 Å². The van der Waals surface area contributed by atoms with Crippen LogP contribution < -0.4 is 10.5 Å². The van der Waals surface area contributed by atoms with Crippen LogP contribution in [0.4, 0.5) is 5.13 Å². The summed E-state index contributed by atoms with van der Waals surface area (Å²) >= 11 is 1.49. The molecule has 0 saturated carbocycles. The Balaban J connectivity index is 1.50. The maximum absolute atomic E-state index is 13.7. The first-order chi connectivity index (χ1) is 16.5. The lowest BCUT2D eigenvalue weighted by atomic mass is 10.1. The van der Waals surface area contributed by atoms with Gasteiger partial charge >= 0.3 is 5.63 Å². The van der Waals surface area contributed by atoms with E-state index < -0.39 is 5.63 Å². The van der Waals surface area contributed by atoms with Crippen molar-refractivity contribution in [3.8, 4) is 0 Å². The van der Waals surface area contributed by atoms with Gasteiger partial charge in [-0.15, -0.1) is 0 Å². The highest BCUT2D eigenvalue weighted by atomic mass is 32.1. The molecule has 3 heterocycles. The Labute approximate surface area is 201 Å². The van der Waals surface area contributed by atoms with E-state index in [1.54, 1.807) is 23.1 Å². The molecule has 0 aliphatic carbocycles. The van der Waals surface area contributed by atoms with Crippen LogP contribution in [0.25, 0.3) is 21.2 Å². The van der Waals surface area contributed by atoms with E-state index in [0.29, 0.717) is 17.3 Å². The summed E-state index contributed by atoms with van der Waals surface area (Å²) in [6.07, 6.45) is 0.762. The quantitative estimate of drug-likeness (QED) is 0.384. The van der Waals surface area contributed by atoms with E-state index in [-0.39, 0.29) is 11.5 Å². The second kappa shape index (κ2) is 9.66. The number of anilines is 1. The number of carbonyl (C=O) groups excluding carboxylic acids is 1. The predicted octanol–water partition coefficient (Wildman–Crippen LogP) is 4.39. The van der Waals surface area contributed by atoms with Crippen molar-refractivity contribution in [2.45, 2.75) is 20.3 Å². The van der Waals surface area contributed by atoms with Crippen molar-refractivity contribution < 1.29 is 13.9 Å². The average molecular weight is 478 g/mol. The van der Waals surface area contributed by atoms with Gasteiger partial charge in [0.1, 0.15) is 11.1 Å². The molecule has 2 aromatic heterocycles. The highest BCUT2D eigenvalue weighted by Gasteiger charge is 2.25. The fraction of sp³-hybridized carbons (Fsp3) is 0.346. The number of nitrogens with zero attached hydrogens (tertiary/aromatic N) is 3. The Morgan fingerprint density at radius 1 is 1.12 bits per heavy atom. The molecule has 0 radical (unpaired) electrons. The number of para-hydroxylation sites is 1. The zero-order chi connectivity index (χ0) is 23.7. The number of morpholine rings is 1. The maximum atomic E-state index is 13.7. The molecule has 1 aliphatic heterocycles. The van der Waals surface area contributed by atoms with Gasteiger partial charge in [0, 0.05) is 31.6 Å². The summed E-state index contributed by atoms with van der Waals surface area (Å²) in [4.78, 5) is 35.3. The van der Waals surface area contributed by atoms with E-state index in [1.165, 1.54) is 11.3 Å². The third-order valence-electron chi connectivity index (χ3n) is 6.24. The first-order valence-corrected chi connectivity index (χ1v) is 12.3. The monoisotopic (exact) mass is 477 g/mol. The van der Waals surface area contributed by atoms with Gasteiger partial charge in [0.05, 0.1) is 23.4 Å². The summed E-state index contributed by atoms with van der Waals surface area (Å²) in [6, 6.07) is 13.0. The topological polar surface area (TPSA) is 75.9 Å². The highest BCUT2D eigenvalue weighted by Crippen LogP contribution is 2.33. The standard InChI is InChI=1S/C26H27N3O4S/c1-17-8-9-18(2)23-22(17)27-26(34-23)29(11-5-10-28-12-14-32-15-13-28)24(30)20-16-19-6-3-4-7-21(19)33-25(20)31/h3-4,6-9,16H,5,10-15H2,1-2H3. The Kier molecular flexibility index (Phi) is 6.45. The lowest BCUT2D eigenvalue weighted by molar-refractivity contribution is 0.0376. The Morgan fingerprint density at radius 2 is 1.88 bits per heavy atom. The third kappa shape index (κ3) is 4.49.